The van der Waals surface area contributed by atoms with E-state index in [-0.39, 0.29) is 59.3 Å². The van der Waals surface area contributed by atoms with E-state index in [0.29, 0.717) is 41.1 Å². The van der Waals surface area contributed by atoms with Gasteiger partial charge in [0.2, 0.25) is 0 Å². The molecule has 3 aliphatic carbocycles. The minimum absolute atomic E-state index is 0.0135. The van der Waals surface area contributed by atoms with E-state index in [9.17, 15) is 0 Å². The van der Waals surface area contributed by atoms with Crippen molar-refractivity contribution in [3.8, 4) is 0 Å². The highest BCUT2D eigenvalue weighted by atomic mass is 35.5. The van der Waals surface area contributed by atoms with Gasteiger partial charge in [-0.05, 0) is 175 Å². The summed E-state index contributed by atoms with van der Waals surface area (Å²) in [6.45, 7) is 17.3. The molecule has 6 aromatic carbocycles. The number of piperazine rings is 3. The number of fused-ring (bicyclic) bond motifs is 3. The minimum atomic E-state index is -2.06. The van der Waals surface area contributed by atoms with Crippen LogP contribution in [0.4, 0.5) is 0 Å². The molecule has 3 fully saturated rings. The van der Waals surface area contributed by atoms with Crippen molar-refractivity contribution >= 4 is 34.8 Å². The van der Waals surface area contributed by atoms with Gasteiger partial charge >= 0.3 is 0 Å². The Morgan fingerprint density at radius 1 is 0.474 bits per heavy atom. The fraction of sp³-hybridized carbons (Fsp3) is 0.463. The smallest absolute Gasteiger partial charge is 0.0629 e. The van der Waals surface area contributed by atoms with E-state index in [0.717, 1.165) is 74.1 Å². The second-order valence-corrected chi connectivity index (χ2v) is 25.5. The standard InChI is InChI=1S/C23H29ClN2.2C22H27ClN2/c1-16-6-5-7-17(12-16)20-14-22(21-13-18(24)8-9-19(20)21)26-11-10-25(4)23(2,3)15-26;2*1-22(2)15-25(12-11-24(22)3)21-14-19(16-7-5-4-6-8-16)18-10-9-17(23)13-20(18)21/h5-9,12-13,20,22H,10-11,14-15H2,1-4H3;2*4-10,13,19,21H,11-12,14-15H2,1-3H3/t20-,22+;2*19-,21+/m000/s1/i5D,6D,7D,12D;11D2;3D3. The van der Waals surface area contributed by atoms with E-state index in [2.05, 4.69) is 139 Å². The summed E-state index contributed by atoms with van der Waals surface area (Å²) in [6.07, 6.45) is 2.74. The Balaban J connectivity index is 0.000000142. The maximum absolute atomic E-state index is 8.65. The number of nitrogens with zero attached hydrogens (tertiary/aromatic N) is 6. The van der Waals surface area contributed by atoms with Gasteiger partial charge in [-0.2, -0.15) is 0 Å². The average molecular weight is 1090 g/mol. The molecular formula is C67H83Cl3N6. The Kier molecular flexibility index (Phi) is 13.3. The molecule has 6 nitrogen and oxygen atoms in total. The molecule has 0 aromatic heterocycles. The molecule has 0 saturated carbocycles. The van der Waals surface area contributed by atoms with Gasteiger partial charge in [0.05, 0.1) is 5.48 Å². The largest absolute Gasteiger partial charge is 0.299 e. The predicted octanol–water partition coefficient (Wildman–Crippen LogP) is 15.1. The van der Waals surface area contributed by atoms with Crippen molar-refractivity contribution in [3.05, 3.63) is 210 Å². The molecule has 0 unspecified atom stereocenters. The maximum atomic E-state index is 8.65. The molecule has 3 aliphatic heterocycles. The van der Waals surface area contributed by atoms with Gasteiger partial charge in [0.15, 0.2) is 0 Å². The van der Waals surface area contributed by atoms with E-state index in [4.69, 9.17) is 47.1 Å². The molecule has 0 bridgehead atoms. The van der Waals surface area contributed by atoms with Gasteiger partial charge in [-0.25, -0.2) is 0 Å². The maximum Gasteiger partial charge on any atom is 0.0629 e. The fourth-order valence-electron chi connectivity index (χ4n) is 13.1. The third-order valence-corrected chi connectivity index (χ3v) is 18.6. The molecule has 402 valence electrons. The Morgan fingerprint density at radius 3 is 1.28 bits per heavy atom. The first-order chi connectivity index (χ1) is 39.9. The number of rotatable bonds is 6. The summed E-state index contributed by atoms with van der Waals surface area (Å²) in [5.41, 5.74) is 10.6. The highest BCUT2D eigenvalue weighted by Gasteiger charge is 2.43. The van der Waals surface area contributed by atoms with E-state index < -0.39 is 19.0 Å². The molecule has 0 N–H and O–H groups in total. The van der Waals surface area contributed by atoms with Crippen molar-refractivity contribution in [2.24, 2.45) is 0 Å². The summed E-state index contributed by atoms with van der Waals surface area (Å²) >= 11 is 19.1. The lowest BCUT2D eigenvalue weighted by molar-refractivity contribution is 0.0158. The van der Waals surface area contributed by atoms with Crippen molar-refractivity contribution in [3.63, 3.8) is 0 Å². The average Bonchev–Trinajstić information content (AvgIpc) is 1.82. The van der Waals surface area contributed by atoms with Crippen molar-refractivity contribution in [1.29, 1.82) is 0 Å². The third kappa shape index (κ3) is 11.7. The molecule has 3 heterocycles. The normalized spacial score (nSPS) is 28.9. The molecule has 0 radical (unpaired) electrons. The van der Waals surface area contributed by atoms with Crippen LogP contribution in [0.15, 0.2) is 139 Å². The number of benzene rings is 6. The first-order valence-corrected chi connectivity index (χ1v) is 28.5. The van der Waals surface area contributed by atoms with Gasteiger partial charge in [-0.15, -0.1) is 0 Å². The molecular weight excluding hydrogens is 995 g/mol. The van der Waals surface area contributed by atoms with Crippen LogP contribution in [0.5, 0.6) is 0 Å². The molecule has 9 heteroatoms. The Labute approximate surface area is 484 Å². The van der Waals surface area contributed by atoms with E-state index in [1.54, 1.807) is 11.8 Å². The summed E-state index contributed by atoms with van der Waals surface area (Å²) in [5, 5.41) is 2.21. The quantitative estimate of drug-likeness (QED) is 0.164. The van der Waals surface area contributed by atoms with Crippen LogP contribution in [-0.2, 0) is 0 Å². The van der Waals surface area contributed by atoms with Crippen LogP contribution in [0, 0.1) is 6.92 Å². The van der Waals surface area contributed by atoms with Crippen LogP contribution in [0.1, 0.15) is 165 Å². The molecule has 6 aliphatic rings. The van der Waals surface area contributed by atoms with Gasteiger partial charge in [-0.1, -0.05) is 143 Å². The molecule has 6 aromatic rings. The second-order valence-electron chi connectivity index (χ2n) is 24.2. The molecule has 6 atom stereocenters. The van der Waals surface area contributed by atoms with Gasteiger partial charge < -0.3 is 0 Å². The first kappa shape index (κ1) is 44.8. The van der Waals surface area contributed by atoms with E-state index in [1.807, 2.05) is 56.1 Å². The predicted molar refractivity (Wildman–Crippen MR) is 321 cm³/mol. The van der Waals surface area contributed by atoms with E-state index >= 15 is 0 Å². The molecule has 0 amide bonds. The van der Waals surface area contributed by atoms with Crippen LogP contribution in [0.3, 0.4) is 0 Å². The van der Waals surface area contributed by atoms with Gasteiger partial charge in [0.25, 0.3) is 0 Å². The molecule has 3 saturated heterocycles. The van der Waals surface area contributed by atoms with Crippen LogP contribution >= 0.6 is 34.8 Å². The summed E-state index contributed by atoms with van der Waals surface area (Å²) in [6, 6.07) is 40.4. The second kappa shape index (κ2) is 22.6. The Hall–Kier alpha value is -4.05. The Bertz CT molecular complexity index is 3350. The summed E-state index contributed by atoms with van der Waals surface area (Å²) in [5.74, 6) is 0.549. The van der Waals surface area contributed by atoms with Gasteiger partial charge in [-0.3, -0.25) is 29.4 Å². The van der Waals surface area contributed by atoms with Crippen molar-refractivity contribution in [2.75, 3.05) is 79.9 Å². The number of halogens is 3. The van der Waals surface area contributed by atoms with E-state index in [1.165, 1.54) is 38.9 Å². The number of likely N-dealkylation sites (N-methyl/N-ethyl adjacent to an activating group) is 3. The number of hydrogen-bond acceptors (Lipinski definition) is 6. The zero-order valence-electron chi connectivity index (χ0n) is 55.0. The molecule has 76 heavy (non-hydrogen) atoms. The highest BCUT2D eigenvalue weighted by molar-refractivity contribution is 6.31. The third-order valence-electron chi connectivity index (χ3n) is 17.9. The van der Waals surface area contributed by atoms with Crippen molar-refractivity contribution < 1.29 is 12.3 Å². The zero-order chi connectivity index (χ0) is 61.5. The number of hydrogen-bond donors (Lipinski definition) is 0. The van der Waals surface area contributed by atoms with Crippen LogP contribution in [0.25, 0.3) is 0 Å². The topological polar surface area (TPSA) is 19.4 Å². The van der Waals surface area contributed by atoms with Crippen LogP contribution in [-0.4, -0.2) is 126 Å². The summed E-state index contributed by atoms with van der Waals surface area (Å²) in [4.78, 5) is 13.2. The lowest BCUT2D eigenvalue weighted by atomic mass is 9.92. The molecule has 12 rings (SSSR count). The fourth-order valence-corrected chi connectivity index (χ4v) is 13.7. The summed E-state index contributed by atoms with van der Waals surface area (Å²) in [7, 11) is 4.06. The monoisotopic (exact) mass is 1090 g/mol. The minimum Gasteiger partial charge on any atom is -0.299 e. The van der Waals surface area contributed by atoms with Gasteiger partial charge in [0.1, 0.15) is 0 Å². The first-order valence-electron chi connectivity index (χ1n) is 31.9. The summed E-state index contributed by atoms with van der Waals surface area (Å²) < 4.78 is 74.2. The van der Waals surface area contributed by atoms with Crippen LogP contribution in [0.2, 0.25) is 15.1 Å². The lowest BCUT2D eigenvalue weighted by Crippen LogP contribution is -2.58. The highest BCUT2D eigenvalue weighted by Crippen LogP contribution is 2.51. The zero-order valence-corrected chi connectivity index (χ0v) is 48.3. The van der Waals surface area contributed by atoms with Crippen molar-refractivity contribution in [1.82, 2.24) is 29.4 Å². The lowest BCUT2D eigenvalue weighted by Gasteiger charge is -2.47. The van der Waals surface area contributed by atoms with Crippen LogP contribution < -0.4 is 0 Å². The molecule has 0 spiro atoms. The van der Waals surface area contributed by atoms with Gasteiger partial charge in [0, 0.05) is 133 Å². The SMILES string of the molecule is [2H]C([2H])([2H])N1CCN([C@@H]2C[C@@H](c3ccccc3)c3ccc(Cl)cc32)CC1(C)C.[2H]C1([2H])CN([C@@H]2C[C@@H](c3ccccc3)c3ccc(Cl)cc32)CC(C)(C)N1C.[2H]c1c([2H])c(C)c([2H])c([C@@H]2C[C@@H](N3CCN(C)C(C)(C)C3)c3cc(Cl)ccc32)c1[2H]. The van der Waals surface area contributed by atoms with Crippen molar-refractivity contribution in [2.45, 2.75) is 120 Å². The Morgan fingerprint density at radius 2 is 0.868 bits per heavy atom.